The standard InChI is InChI=1S/C23H27N3O2/c27-23(18-25-12-10-20(11-13-25)19-6-2-1-3-7-19)24-21-8-4-5-9-22(21)26-14-16-28-17-15-26/h1-10H,11-18H2,(H,24,27). The highest BCUT2D eigenvalue weighted by Crippen LogP contribution is 2.26. The van der Waals surface area contributed by atoms with E-state index in [-0.39, 0.29) is 5.91 Å². The van der Waals surface area contributed by atoms with Crippen LogP contribution >= 0.6 is 0 Å². The van der Waals surface area contributed by atoms with E-state index in [1.54, 1.807) is 0 Å². The van der Waals surface area contributed by atoms with Crippen LogP contribution in [0.15, 0.2) is 60.7 Å². The highest BCUT2D eigenvalue weighted by molar-refractivity contribution is 5.95. The molecule has 2 aliphatic heterocycles. The summed E-state index contributed by atoms with van der Waals surface area (Å²) in [6.07, 6.45) is 3.22. The number of anilines is 2. The molecule has 0 radical (unpaired) electrons. The Balaban J connectivity index is 1.35. The molecule has 0 aliphatic carbocycles. The van der Waals surface area contributed by atoms with Gasteiger partial charge in [0.05, 0.1) is 31.1 Å². The predicted molar refractivity (Wildman–Crippen MR) is 114 cm³/mol. The second-order valence-corrected chi connectivity index (χ2v) is 7.25. The van der Waals surface area contributed by atoms with Crippen LogP contribution in [0.3, 0.4) is 0 Å². The summed E-state index contributed by atoms with van der Waals surface area (Å²) in [7, 11) is 0. The summed E-state index contributed by atoms with van der Waals surface area (Å²) in [5, 5.41) is 3.11. The number of nitrogens with zero attached hydrogens (tertiary/aromatic N) is 2. The molecule has 2 heterocycles. The molecule has 146 valence electrons. The van der Waals surface area contributed by atoms with Crippen molar-refractivity contribution in [2.75, 3.05) is 56.2 Å². The minimum Gasteiger partial charge on any atom is -0.378 e. The zero-order valence-corrected chi connectivity index (χ0v) is 16.1. The quantitative estimate of drug-likeness (QED) is 0.869. The maximum absolute atomic E-state index is 12.7. The van der Waals surface area contributed by atoms with Crippen LogP contribution in [0, 0.1) is 0 Å². The molecule has 5 nitrogen and oxygen atoms in total. The van der Waals surface area contributed by atoms with Crippen LogP contribution in [0.5, 0.6) is 0 Å². The SMILES string of the molecule is O=C(CN1CC=C(c2ccccc2)CC1)Nc1ccccc1N1CCOCC1. The Morgan fingerprint density at radius 2 is 1.71 bits per heavy atom. The number of carbonyl (C=O) groups is 1. The van der Waals surface area contributed by atoms with Gasteiger partial charge >= 0.3 is 0 Å². The molecule has 5 heteroatoms. The minimum atomic E-state index is 0.0391. The predicted octanol–water partition coefficient (Wildman–Crippen LogP) is 3.25. The molecule has 2 aliphatic rings. The van der Waals surface area contributed by atoms with Crippen molar-refractivity contribution in [3.63, 3.8) is 0 Å². The maximum Gasteiger partial charge on any atom is 0.238 e. The fraction of sp³-hybridized carbons (Fsp3) is 0.348. The van der Waals surface area contributed by atoms with Gasteiger partial charge in [-0.15, -0.1) is 0 Å². The van der Waals surface area contributed by atoms with Crippen molar-refractivity contribution in [1.29, 1.82) is 0 Å². The number of morpholine rings is 1. The number of rotatable bonds is 5. The van der Waals surface area contributed by atoms with Crippen LogP contribution < -0.4 is 10.2 Å². The Morgan fingerprint density at radius 1 is 0.964 bits per heavy atom. The van der Waals surface area contributed by atoms with E-state index < -0.39 is 0 Å². The number of benzene rings is 2. The Hall–Kier alpha value is -2.63. The van der Waals surface area contributed by atoms with Crippen LogP contribution in [0.4, 0.5) is 11.4 Å². The summed E-state index contributed by atoms with van der Waals surface area (Å²) in [5.41, 5.74) is 4.61. The monoisotopic (exact) mass is 377 g/mol. The lowest BCUT2D eigenvalue weighted by molar-refractivity contribution is -0.117. The van der Waals surface area contributed by atoms with Gasteiger partial charge in [0.1, 0.15) is 0 Å². The van der Waals surface area contributed by atoms with Gasteiger partial charge in [0, 0.05) is 26.2 Å². The Morgan fingerprint density at radius 3 is 2.46 bits per heavy atom. The van der Waals surface area contributed by atoms with Crippen LogP contribution in [-0.4, -0.2) is 56.7 Å². The summed E-state index contributed by atoms with van der Waals surface area (Å²) in [4.78, 5) is 17.1. The number of hydrogen-bond acceptors (Lipinski definition) is 4. The van der Waals surface area contributed by atoms with E-state index in [4.69, 9.17) is 4.74 Å². The number of nitrogens with one attached hydrogen (secondary N) is 1. The first-order valence-corrected chi connectivity index (χ1v) is 9.98. The molecule has 1 fully saturated rings. The smallest absolute Gasteiger partial charge is 0.238 e. The lowest BCUT2D eigenvalue weighted by Gasteiger charge is -2.31. The van der Waals surface area contributed by atoms with E-state index in [2.05, 4.69) is 51.5 Å². The van der Waals surface area contributed by atoms with Crippen molar-refractivity contribution in [2.45, 2.75) is 6.42 Å². The molecule has 4 rings (SSSR count). The average Bonchev–Trinajstić information content (AvgIpc) is 2.76. The van der Waals surface area contributed by atoms with Crippen molar-refractivity contribution in [3.8, 4) is 0 Å². The Kier molecular flexibility index (Phi) is 6.04. The van der Waals surface area contributed by atoms with Crippen LogP contribution in [0.25, 0.3) is 5.57 Å². The van der Waals surface area contributed by atoms with Crippen molar-refractivity contribution in [3.05, 3.63) is 66.2 Å². The number of para-hydroxylation sites is 2. The van der Waals surface area contributed by atoms with Crippen molar-refractivity contribution in [1.82, 2.24) is 4.90 Å². The summed E-state index contributed by atoms with van der Waals surface area (Å²) in [6.45, 7) is 5.29. The first-order valence-electron chi connectivity index (χ1n) is 9.98. The third-order valence-electron chi connectivity index (χ3n) is 5.33. The van der Waals surface area contributed by atoms with Gasteiger partial charge in [0.15, 0.2) is 0 Å². The van der Waals surface area contributed by atoms with Gasteiger partial charge in [-0.2, -0.15) is 0 Å². The van der Waals surface area contributed by atoms with Crippen LogP contribution in [0.1, 0.15) is 12.0 Å². The largest absolute Gasteiger partial charge is 0.378 e. The zero-order valence-electron chi connectivity index (χ0n) is 16.1. The molecule has 0 aromatic heterocycles. The van der Waals surface area contributed by atoms with Crippen LogP contribution in [-0.2, 0) is 9.53 Å². The van der Waals surface area contributed by atoms with Gasteiger partial charge in [-0.3, -0.25) is 9.69 Å². The fourth-order valence-corrected chi connectivity index (χ4v) is 3.82. The van der Waals surface area contributed by atoms with Gasteiger partial charge < -0.3 is 15.0 Å². The van der Waals surface area contributed by atoms with Gasteiger partial charge in [-0.25, -0.2) is 0 Å². The maximum atomic E-state index is 12.7. The second kappa shape index (κ2) is 9.04. The molecule has 28 heavy (non-hydrogen) atoms. The molecule has 2 aromatic rings. The average molecular weight is 377 g/mol. The normalized spacial score (nSPS) is 17.9. The lowest BCUT2D eigenvalue weighted by atomic mass is 10.00. The molecule has 1 N–H and O–H groups in total. The number of ether oxygens (including phenoxy) is 1. The Labute approximate surface area is 166 Å². The third-order valence-corrected chi connectivity index (χ3v) is 5.33. The Bertz CT molecular complexity index is 829. The molecule has 0 saturated carbocycles. The third kappa shape index (κ3) is 4.61. The van der Waals surface area contributed by atoms with E-state index in [9.17, 15) is 4.79 Å². The van der Waals surface area contributed by atoms with E-state index in [1.165, 1.54) is 11.1 Å². The first-order chi connectivity index (χ1) is 13.8. The van der Waals surface area contributed by atoms with Crippen LogP contribution in [0.2, 0.25) is 0 Å². The molecule has 0 bridgehead atoms. The summed E-state index contributed by atoms with van der Waals surface area (Å²) < 4.78 is 5.44. The van der Waals surface area contributed by atoms with Gasteiger partial charge in [0.25, 0.3) is 0 Å². The van der Waals surface area contributed by atoms with Gasteiger partial charge in [-0.1, -0.05) is 48.5 Å². The van der Waals surface area contributed by atoms with Crippen molar-refractivity contribution >= 4 is 22.9 Å². The lowest BCUT2D eigenvalue weighted by Crippen LogP contribution is -2.38. The number of carbonyl (C=O) groups excluding carboxylic acids is 1. The zero-order chi connectivity index (χ0) is 19.2. The summed E-state index contributed by atoms with van der Waals surface area (Å²) >= 11 is 0. The summed E-state index contributed by atoms with van der Waals surface area (Å²) in [6, 6.07) is 18.5. The molecular weight excluding hydrogens is 350 g/mol. The molecule has 1 amide bonds. The second-order valence-electron chi connectivity index (χ2n) is 7.25. The van der Waals surface area contributed by atoms with E-state index in [0.29, 0.717) is 6.54 Å². The fourth-order valence-electron chi connectivity index (χ4n) is 3.82. The van der Waals surface area contributed by atoms with E-state index in [0.717, 1.165) is 57.2 Å². The molecule has 2 aromatic carbocycles. The van der Waals surface area contributed by atoms with Gasteiger partial charge in [-0.05, 0) is 29.7 Å². The number of amides is 1. The van der Waals surface area contributed by atoms with E-state index >= 15 is 0 Å². The van der Waals surface area contributed by atoms with Crippen molar-refractivity contribution in [2.24, 2.45) is 0 Å². The molecule has 0 atom stereocenters. The molecule has 0 spiro atoms. The van der Waals surface area contributed by atoms with Crippen molar-refractivity contribution < 1.29 is 9.53 Å². The number of hydrogen-bond donors (Lipinski definition) is 1. The van der Waals surface area contributed by atoms with E-state index in [1.807, 2.05) is 24.3 Å². The highest BCUT2D eigenvalue weighted by Gasteiger charge is 2.18. The molecule has 1 saturated heterocycles. The van der Waals surface area contributed by atoms with Gasteiger partial charge in [0.2, 0.25) is 5.91 Å². The topological polar surface area (TPSA) is 44.8 Å². The minimum absolute atomic E-state index is 0.0391. The first kappa shape index (κ1) is 18.7. The summed E-state index contributed by atoms with van der Waals surface area (Å²) in [5.74, 6) is 0.0391. The molecular formula is C23H27N3O2. The highest BCUT2D eigenvalue weighted by atomic mass is 16.5. The molecule has 0 unspecified atom stereocenters.